The van der Waals surface area contributed by atoms with E-state index in [0.717, 1.165) is 19.5 Å². The fourth-order valence-corrected chi connectivity index (χ4v) is 2.11. The van der Waals surface area contributed by atoms with Crippen molar-refractivity contribution < 1.29 is 14.3 Å². The number of nitrogens with zero attached hydrogens (tertiary/aromatic N) is 2. The molecule has 2 amide bonds. The average molecular weight is 255 g/mol. The van der Waals surface area contributed by atoms with Crippen molar-refractivity contribution in [3.63, 3.8) is 0 Å². The van der Waals surface area contributed by atoms with Crippen LogP contribution in [0.5, 0.6) is 0 Å². The number of hydrogen-bond donors (Lipinski definition) is 1. The van der Waals surface area contributed by atoms with E-state index in [4.69, 9.17) is 4.74 Å². The molecule has 18 heavy (non-hydrogen) atoms. The Morgan fingerprint density at radius 3 is 2.78 bits per heavy atom. The Labute approximate surface area is 107 Å². The van der Waals surface area contributed by atoms with Gasteiger partial charge < -0.3 is 19.9 Å². The molecule has 0 aromatic carbocycles. The molecule has 0 aliphatic carbocycles. The zero-order chi connectivity index (χ0) is 13.2. The van der Waals surface area contributed by atoms with Gasteiger partial charge in [-0.15, -0.1) is 0 Å². The molecule has 2 saturated heterocycles. The summed E-state index contributed by atoms with van der Waals surface area (Å²) in [6, 6.07) is 0. The number of carbonyl (C=O) groups excluding carboxylic acids is 2. The van der Waals surface area contributed by atoms with Crippen LogP contribution in [0.4, 0.5) is 0 Å². The van der Waals surface area contributed by atoms with E-state index in [1.807, 2.05) is 6.92 Å². The Balaban J connectivity index is 1.82. The SMILES string of the molecule is CN1CCCN(C(=O)COC2(C)CNC2)CC1=O. The number of ether oxygens (including phenoxy) is 1. The summed E-state index contributed by atoms with van der Waals surface area (Å²) in [6.45, 7) is 5.13. The molecule has 0 unspecified atom stereocenters. The van der Waals surface area contributed by atoms with Gasteiger partial charge in [0.15, 0.2) is 0 Å². The molecule has 2 fully saturated rings. The van der Waals surface area contributed by atoms with Crippen molar-refractivity contribution in [2.45, 2.75) is 18.9 Å². The second-order valence-electron chi connectivity index (χ2n) is 5.33. The first-order valence-corrected chi connectivity index (χ1v) is 6.37. The third-order valence-corrected chi connectivity index (χ3v) is 3.57. The lowest BCUT2D eigenvalue weighted by Gasteiger charge is -2.39. The Hall–Kier alpha value is -1.14. The second-order valence-corrected chi connectivity index (χ2v) is 5.33. The standard InChI is InChI=1S/C12H21N3O3/c1-12(8-13-9-12)18-7-11(17)15-5-3-4-14(2)10(16)6-15/h13H,3-9H2,1-2H3. The molecule has 0 saturated carbocycles. The summed E-state index contributed by atoms with van der Waals surface area (Å²) in [5, 5.41) is 3.12. The van der Waals surface area contributed by atoms with Crippen molar-refractivity contribution in [3.05, 3.63) is 0 Å². The van der Waals surface area contributed by atoms with Crippen LogP contribution in [0.15, 0.2) is 0 Å². The molecule has 2 aliphatic heterocycles. The zero-order valence-corrected chi connectivity index (χ0v) is 11.1. The minimum Gasteiger partial charge on any atom is -0.363 e. The van der Waals surface area contributed by atoms with Crippen LogP contribution in [-0.4, -0.2) is 73.6 Å². The van der Waals surface area contributed by atoms with E-state index in [0.29, 0.717) is 13.1 Å². The Bertz CT molecular complexity index is 341. The van der Waals surface area contributed by atoms with Crippen molar-refractivity contribution in [3.8, 4) is 0 Å². The van der Waals surface area contributed by atoms with Crippen molar-refractivity contribution in [2.75, 3.05) is 46.4 Å². The summed E-state index contributed by atoms with van der Waals surface area (Å²) < 4.78 is 5.60. The fraction of sp³-hybridized carbons (Fsp3) is 0.833. The highest BCUT2D eigenvalue weighted by Gasteiger charge is 2.34. The average Bonchev–Trinajstić information content (AvgIpc) is 2.47. The first-order valence-electron chi connectivity index (χ1n) is 6.37. The maximum Gasteiger partial charge on any atom is 0.249 e. The molecular formula is C12H21N3O3. The van der Waals surface area contributed by atoms with Gasteiger partial charge in [-0.1, -0.05) is 0 Å². The molecule has 0 spiro atoms. The smallest absolute Gasteiger partial charge is 0.249 e. The van der Waals surface area contributed by atoms with Gasteiger partial charge in [0.1, 0.15) is 6.61 Å². The van der Waals surface area contributed by atoms with E-state index in [1.54, 1.807) is 16.8 Å². The second kappa shape index (κ2) is 5.24. The van der Waals surface area contributed by atoms with Crippen molar-refractivity contribution in [1.29, 1.82) is 0 Å². The van der Waals surface area contributed by atoms with Crippen molar-refractivity contribution in [1.82, 2.24) is 15.1 Å². The molecule has 0 atom stereocenters. The van der Waals surface area contributed by atoms with Crippen molar-refractivity contribution in [2.24, 2.45) is 0 Å². The Morgan fingerprint density at radius 2 is 2.17 bits per heavy atom. The lowest BCUT2D eigenvalue weighted by Crippen LogP contribution is -2.59. The Morgan fingerprint density at radius 1 is 1.44 bits per heavy atom. The highest BCUT2D eigenvalue weighted by atomic mass is 16.5. The van der Waals surface area contributed by atoms with E-state index in [2.05, 4.69) is 5.32 Å². The monoisotopic (exact) mass is 255 g/mol. The normalized spacial score (nSPS) is 23.6. The maximum atomic E-state index is 12.0. The predicted molar refractivity (Wildman–Crippen MR) is 66.1 cm³/mol. The number of nitrogens with one attached hydrogen (secondary N) is 1. The van der Waals surface area contributed by atoms with Crippen molar-refractivity contribution >= 4 is 11.8 Å². The highest BCUT2D eigenvalue weighted by Crippen LogP contribution is 2.15. The van der Waals surface area contributed by atoms with Gasteiger partial charge in [0.25, 0.3) is 0 Å². The molecule has 1 N–H and O–H groups in total. The molecule has 6 heteroatoms. The molecule has 6 nitrogen and oxygen atoms in total. The third kappa shape index (κ3) is 3.00. The largest absolute Gasteiger partial charge is 0.363 e. The van der Waals surface area contributed by atoms with Crippen LogP contribution in [0.1, 0.15) is 13.3 Å². The maximum absolute atomic E-state index is 12.0. The lowest BCUT2D eigenvalue weighted by molar-refractivity contribution is -0.148. The molecule has 2 rings (SSSR count). The van der Waals surface area contributed by atoms with E-state index in [9.17, 15) is 9.59 Å². The molecule has 0 aromatic heterocycles. The molecule has 0 aromatic rings. The first kappa shape index (κ1) is 13.3. The van der Waals surface area contributed by atoms with Crippen LogP contribution < -0.4 is 5.32 Å². The van der Waals surface area contributed by atoms with Gasteiger partial charge >= 0.3 is 0 Å². The number of rotatable bonds is 3. The molecule has 0 bridgehead atoms. The van der Waals surface area contributed by atoms with Crippen LogP contribution in [0.25, 0.3) is 0 Å². The van der Waals surface area contributed by atoms with Gasteiger partial charge in [0.05, 0.1) is 12.1 Å². The summed E-state index contributed by atoms with van der Waals surface area (Å²) in [4.78, 5) is 26.9. The van der Waals surface area contributed by atoms with Gasteiger partial charge in [-0.05, 0) is 13.3 Å². The van der Waals surface area contributed by atoms with E-state index >= 15 is 0 Å². The summed E-state index contributed by atoms with van der Waals surface area (Å²) in [7, 11) is 1.77. The quantitative estimate of drug-likeness (QED) is 0.707. The number of amides is 2. The first-order chi connectivity index (χ1) is 8.50. The highest BCUT2D eigenvalue weighted by molar-refractivity contribution is 5.85. The van der Waals surface area contributed by atoms with E-state index in [1.165, 1.54) is 0 Å². The van der Waals surface area contributed by atoms with Gasteiger partial charge in [-0.3, -0.25) is 9.59 Å². The molecule has 0 radical (unpaired) electrons. The van der Waals surface area contributed by atoms with Crippen LogP contribution >= 0.6 is 0 Å². The zero-order valence-electron chi connectivity index (χ0n) is 11.1. The van der Waals surface area contributed by atoms with Gasteiger partial charge in [0.2, 0.25) is 11.8 Å². The number of likely N-dealkylation sites (N-methyl/N-ethyl adjacent to an activating group) is 1. The summed E-state index contributed by atoms with van der Waals surface area (Å²) in [5.41, 5.74) is -0.220. The lowest BCUT2D eigenvalue weighted by atomic mass is 10.0. The number of carbonyl (C=O) groups is 2. The molecular weight excluding hydrogens is 234 g/mol. The minimum atomic E-state index is -0.220. The minimum absolute atomic E-state index is 0.00243. The van der Waals surface area contributed by atoms with Crippen LogP contribution in [0, 0.1) is 0 Å². The molecule has 2 aliphatic rings. The van der Waals surface area contributed by atoms with Crippen LogP contribution in [0.3, 0.4) is 0 Å². The summed E-state index contributed by atoms with van der Waals surface area (Å²) in [6.07, 6.45) is 0.826. The fourth-order valence-electron chi connectivity index (χ4n) is 2.11. The van der Waals surface area contributed by atoms with Gasteiger partial charge in [0, 0.05) is 33.2 Å². The predicted octanol–water partition coefficient (Wildman–Crippen LogP) is -0.944. The van der Waals surface area contributed by atoms with E-state index < -0.39 is 0 Å². The third-order valence-electron chi connectivity index (χ3n) is 3.57. The molecule has 102 valence electrons. The summed E-state index contributed by atoms with van der Waals surface area (Å²) in [5.74, 6) is -0.0934. The van der Waals surface area contributed by atoms with E-state index in [-0.39, 0.29) is 30.6 Å². The molecule has 2 heterocycles. The topological polar surface area (TPSA) is 61.9 Å². The van der Waals surface area contributed by atoms with Crippen LogP contribution in [-0.2, 0) is 14.3 Å². The Kier molecular flexibility index (Phi) is 3.87. The van der Waals surface area contributed by atoms with Gasteiger partial charge in [-0.25, -0.2) is 0 Å². The van der Waals surface area contributed by atoms with Gasteiger partial charge in [-0.2, -0.15) is 0 Å². The summed E-state index contributed by atoms with van der Waals surface area (Å²) >= 11 is 0. The number of hydrogen-bond acceptors (Lipinski definition) is 4. The van der Waals surface area contributed by atoms with Crippen LogP contribution in [0.2, 0.25) is 0 Å².